The van der Waals surface area contributed by atoms with Crippen molar-refractivity contribution in [3.8, 4) is 0 Å². The second-order valence-corrected chi connectivity index (χ2v) is 5.70. The van der Waals surface area contributed by atoms with E-state index in [2.05, 4.69) is 5.32 Å². The van der Waals surface area contributed by atoms with Crippen molar-refractivity contribution in [3.63, 3.8) is 0 Å². The van der Waals surface area contributed by atoms with Crippen molar-refractivity contribution < 1.29 is 19.4 Å². The Morgan fingerprint density at radius 3 is 2.45 bits per heavy atom. The number of hydrogen-bond donors (Lipinski definition) is 2. The van der Waals surface area contributed by atoms with Gasteiger partial charge in [-0.3, -0.25) is 4.79 Å². The van der Waals surface area contributed by atoms with E-state index < -0.39 is 23.6 Å². The van der Waals surface area contributed by atoms with Gasteiger partial charge in [0, 0.05) is 11.6 Å². The number of rotatable bonds is 4. The van der Waals surface area contributed by atoms with Crippen LogP contribution in [0.2, 0.25) is 5.02 Å². The van der Waals surface area contributed by atoms with Crippen LogP contribution in [-0.4, -0.2) is 29.3 Å². The standard InChI is InChI=1S/C14H18ClNO4/c1-14(2,3)20-13(19)16-8-10(12(17)18)9-6-4-5-7-11(9)15/h4-7,10H,8H2,1-3H3,(H,16,19)(H,17,18). The summed E-state index contributed by atoms with van der Waals surface area (Å²) in [5.41, 5.74) is -0.176. The Hall–Kier alpha value is -1.75. The van der Waals surface area contributed by atoms with Gasteiger partial charge in [-0.1, -0.05) is 29.8 Å². The summed E-state index contributed by atoms with van der Waals surface area (Å²) in [5.74, 6) is -1.98. The third kappa shape index (κ3) is 5.09. The summed E-state index contributed by atoms with van der Waals surface area (Å²) in [5, 5.41) is 12.0. The molecule has 1 aromatic carbocycles. The molecule has 1 atom stereocenters. The molecule has 0 heterocycles. The average molecular weight is 300 g/mol. The van der Waals surface area contributed by atoms with Crippen LogP contribution in [-0.2, 0) is 9.53 Å². The number of ether oxygens (including phenoxy) is 1. The maximum absolute atomic E-state index is 11.5. The quantitative estimate of drug-likeness (QED) is 0.896. The van der Waals surface area contributed by atoms with Crippen molar-refractivity contribution in [2.24, 2.45) is 0 Å². The fraction of sp³-hybridized carbons (Fsp3) is 0.429. The Labute approximate surface area is 122 Å². The van der Waals surface area contributed by atoms with Gasteiger partial charge in [-0.15, -0.1) is 0 Å². The summed E-state index contributed by atoms with van der Waals surface area (Å²) in [6, 6.07) is 6.65. The van der Waals surface area contributed by atoms with Gasteiger partial charge in [-0.2, -0.15) is 0 Å². The van der Waals surface area contributed by atoms with Crippen molar-refractivity contribution in [1.82, 2.24) is 5.32 Å². The van der Waals surface area contributed by atoms with Gasteiger partial charge in [0.05, 0.1) is 0 Å². The lowest BCUT2D eigenvalue weighted by Gasteiger charge is -2.21. The highest BCUT2D eigenvalue weighted by Crippen LogP contribution is 2.24. The maximum atomic E-state index is 11.5. The van der Waals surface area contributed by atoms with E-state index >= 15 is 0 Å². The van der Waals surface area contributed by atoms with Crippen LogP contribution in [0.1, 0.15) is 32.3 Å². The SMILES string of the molecule is CC(C)(C)OC(=O)NCC(C(=O)O)c1ccccc1Cl. The van der Waals surface area contributed by atoms with E-state index in [1.54, 1.807) is 45.0 Å². The van der Waals surface area contributed by atoms with Gasteiger partial charge in [-0.25, -0.2) is 4.79 Å². The molecule has 0 saturated heterocycles. The molecule has 1 rings (SSSR count). The number of halogens is 1. The first kappa shape index (κ1) is 16.3. The van der Waals surface area contributed by atoms with Gasteiger partial charge in [-0.05, 0) is 32.4 Å². The second kappa shape index (κ2) is 6.61. The molecule has 0 saturated carbocycles. The number of alkyl carbamates (subject to hydrolysis) is 1. The van der Waals surface area contributed by atoms with Crippen molar-refractivity contribution in [2.45, 2.75) is 32.3 Å². The van der Waals surface area contributed by atoms with Crippen LogP contribution in [0.15, 0.2) is 24.3 Å². The Balaban J connectivity index is 2.73. The summed E-state index contributed by atoms with van der Waals surface area (Å²) in [6.45, 7) is 5.11. The van der Waals surface area contributed by atoms with E-state index in [0.29, 0.717) is 10.6 Å². The largest absolute Gasteiger partial charge is 0.481 e. The Morgan fingerprint density at radius 1 is 1.35 bits per heavy atom. The van der Waals surface area contributed by atoms with Crippen LogP contribution >= 0.6 is 11.6 Å². The van der Waals surface area contributed by atoms with Gasteiger partial charge >= 0.3 is 12.1 Å². The first-order valence-electron chi connectivity index (χ1n) is 6.15. The zero-order valence-electron chi connectivity index (χ0n) is 11.6. The molecule has 0 aliphatic carbocycles. The number of carbonyl (C=O) groups excluding carboxylic acids is 1. The number of carbonyl (C=O) groups is 2. The molecule has 0 aromatic heterocycles. The third-order valence-electron chi connectivity index (χ3n) is 2.43. The number of nitrogens with one attached hydrogen (secondary N) is 1. The number of aliphatic carboxylic acids is 1. The average Bonchev–Trinajstić information content (AvgIpc) is 2.28. The highest BCUT2D eigenvalue weighted by molar-refractivity contribution is 6.31. The molecule has 1 unspecified atom stereocenters. The number of hydrogen-bond acceptors (Lipinski definition) is 3. The molecule has 0 fully saturated rings. The zero-order chi connectivity index (χ0) is 15.3. The third-order valence-corrected chi connectivity index (χ3v) is 2.77. The molecule has 0 spiro atoms. The van der Waals surface area contributed by atoms with Gasteiger partial charge < -0.3 is 15.2 Å². The summed E-state index contributed by atoms with van der Waals surface area (Å²) in [4.78, 5) is 22.8. The van der Waals surface area contributed by atoms with Crippen LogP contribution in [0.4, 0.5) is 4.79 Å². The molecule has 20 heavy (non-hydrogen) atoms. The summed E-state index contributed by atoms with van der Waals surface area (Å²) >= 11 is 5.98. The lowest BCUT2D eigenvalue weighted by atomic mass is 9.99. The molecule has 6 heteroatoms. The number of carboxylic acid groups (broad SMARTS) is 1. The van der Waals surface area contributed by atoms with Crippen molar-refractivity contribution >= 4 is 23.7 Å². The maximum Gasteiger partial charge on any atom is 0.407 e. The van der Waals surface area contributed by atoms with Crippen LogP contribution in [0.25, 0.3) is 0 Å². The molecule has 1 amide bonds. The number of amides is 1. The molecule has 0 aliphatic rings. The van der Waals surface area contributed by atoms with Crippen molar-refractivity contribution in [3.05, 3.63) is 34.9 Å². The van der Waals surface area contributed by atoms with Crippen molar-refractivity contribution in [2.75, 3.05) is 6.54 Å². The minimum Gasteiger partial charge on any atom is -0.481 e. The van der Waals surface area contributed by atoms with E-state index in [9.17, 15) is 14.7 Å². The fourth-order valence-electron chi connectivity index (χ4n) is 1.59. The van der Waals surface area contributed by atoms with Gasteiger partial charge in [0.1, 0.15) is 11.5 Å². The monoisotopic (exact) mass is 299 g/mol. The van der Waals surface area contributed by atoms with Gasteiger partial charge in [0.2, 0.25) is 0 Å². The summed E-state index contributed by atoms with van der Waals surface area (Å²) in [7, 11) is 0. The molecule has 5 nitrogen and oxygen atoms in total. The molecule has 2 N–H and O–H groups in total. The molecule has 0 aliphatic heterocycles. The fourth-order valence-corrected chi connectivity index (χ4v) is 1.86. The highest BCUT2D eigenvalue weighted by atomic mass is 35.5. The molecular formula is C14H18ClNO4. The lowest BCUT2D eigenvalue weighted by Crippen LogP contribution is -2.36. The van der Waals surface area contributed by atoms with Crippen LogP contribution in [0.3, 0.4) is 0 Å². The van der Waals surface area contributed by atoms with Gasteiger partial charge in [0.15, 0.2) is 0 Å². The highest BCUT2D eigenvalue weighted by Gasteiger charge is 2.24. The van der Waals surface area contributed by atoms with E-state index in [4.69, 9.17) is 16.3 Å². The topological polar surface area (TPSA) is 75.6 Å². The zero-order valence-corrected chi connectivity index (χ0v) is 12.4. The molecule has 0 radical (unpaired) electrons. The predicted molar refractivity (Wildman–Crippen MR) is 76.1 cm³/mol. The minimum absolute atomic E-state index is 0.0893. The van der Waals surface area contributed by atoms with E-state index in [1.165, 1.54) is 0 Å². The number of benzene rings is 1. The van der Waals surface area contributed by atoms with Gasteiger partial charge in [0.25, 0.3) is 0 Å². The molecular weight excluding hydrogens is 282 g/mol. The second-order valence-electron chi connectivity index (χ2n) is 5.30. The lowest BCUT2D eigenvalue weighted by molar-refractivity contribution is -0.138. The summed E-state index contributed by atoms with van der Waals surface area (Å²) in [6.07, 6.45) is -0.657. The normalized spacial score (nSPS) is 12.6. The summed E-state index contributed by atoms with van der Waals surface area (Å²) < 4.78 is 5.06. The smallest absolute Gasteiger partial charge is 0.407 e. The van der Waals surface area contributed by atoms with E-state index in [0.717, 1.165) is 0 Å². The molecule has 110 valence electrons. The Kier molecular flexibility index (Phi) is 5.39. The van der Waals surface area contributed by atoms with E-state index in [-0.39, 0.29) is 6.54 Å². The molecule has 1 aromatic rings. The first-order valence-corrected chi connectivity index (χ1v) is 6.52. The predicted octanol–water partition coefficient (Wildman–Crippen LogP) is 3.03. The van der Waals surface area contributed by atoms with Crippen LogP contribution in [0.5, 0.6) is 0 Å². The Morgan fingerprint density at radius 2 is 1.95 bits per heavy atom. The molecule has 0 bridgehead atoms. The van der Waals surface area contributed by atoms with Crippen LogP contribution in [0, 0.1) is 0 Å². The first-order chi connectivity index (χ1) is 9.20. The van der Waals surface area contributed by atoms with E-state index in [1.807, 2.05) is 0 Å². The minimum atomic E-state index is -1.06. The Bertz CT molecular complexity index is 496. The van der Waals surface area contributed by atoms with Crippen LogP contribution < -0.4 is 5.32 Å². The number of carboxylic acids is 1. The van der Waals surface area contributed by atoms with Crippen molar-refractivity contribution in [1.29, 1.82) is 0 Å².